The van der Waals surface area contributed by atoms with Crippen LogP contribution in [-0.4, -0.2) is 11.4 Å². The fraction of sp³-hybridized carbons (Fsp3) is 0.300. The van der Waals surface area contributed by atoms with Crippen molar-refractivity contribution in [3.63, 3.8) is 0 Å². The van der Waals surface area contributed by atoms with E-state index < -0.39 is 11.4 Å². The minimum atomic E-state index is -0.694. The third-order valence-electron chi connectivity index (χ3n) is 2.27. The number of carbonyl (C=O) groups excluding carboxylic acids is 1. The number of amides is 1. The third-order valence-corrected chi connectivity index (χ3v) is 2.27. The Morgan fingerprint density at radius 2 is 2.07 bits per heavy atom. The van der Waals surface area contributed by atoms with Crippen LogP contribution in [-0.2, 0) is 4.79 Å². The maximum absolute atomic E-state index is 13.2. The van der Waals surface area contributed by atoms with Crippen LogP contribution in [0.5, 0.6) is 0 Å². The molecule has 0 saturated carbocycles. The first kappa shape index (κ1) is 8.99. The molecule has 1 aromatic carbocycles. The number of anilines is 2. The standard InChI is InChI=1S/C10H11FN2O/c1-10(2)9(14)12-8-6(11)4-3-5-7(8)13-10/h3-5,13H,1-2H3,(H,12,14). The van der Waals surface area contributed by atoms with Crippen molar-refractivity contribution in [1.29, 1.82) is 0 Å². The highest BCUT2D eigenvalue weighted by Gasteiger charge is 2.33. The zero-order valence-corrected chi connectivity index (χ0v) is 8.02. The SMILES string of the molecule is CC1(C)Nc2cccc(F)c2NC1=O. The highest BCUT2D eigenvalue weighted by atomic mass is 19.1. The lowest BCUT2D eigenvalue weighted by atomic mass is 10.00. The molecule has 0 saturated heterocycles. The second-order valence-electron chi connectivity index (χ2n) is 3.87. The first-order chi connectivity index (χ1) is 6.50. The molecule has 2 N–H and O–H groups in total. The minimum absolute atomic E-state index is 0.227. The van der Waals surface area contributed by atoms with Gasteiger partial charge in [-0.05, 0) is 26.0 Å². The van der Waals surface area contributed by atoms with Crippen LogP contribution in [0.3, 0.4) is 0 Å². The molecule has 0 bridgehead atoms. The van der Waals surface area contributed by atoms with Crippen molar-refractivity contribution in [2.75, 3.05) is 10.6 Å². The van der Waals surface area contributed by atoms with Crippen molar-refractivity contribution in [3.05, 3.63) is 24.0 Å². The van der Waals surface area contributed by atoms with Crippen LogP contribution in [0.15, 0.2) is 18.2 Å². The lowest BCUT2D eigenvalue weighted by Gasteiger charge is -2.32. The van der Waals surface area contributed by atoms with E-state index in [2.05, 4.69) is 10.6 Å². The fourth-order valence-electron chi connectivity index (χ4n) is 1.42. The van der Waals surface area contributed by atoms with Gasteiger partial charge in [0.15, 0.2) is 0 Å². The summed E-state index contributed by atoms with van der Waals surface area (Å²) in [5.41, 5.74) is 0.160. The second kappa shape index (κ2) is 2.70. The van der Waals surface area contributed by atoms with Gasteiger partial charge in [-0.1, -0.05) is 6.07 Å². The van der Waals surface area contributed by atoms with E-state index in [0.29, 0.717) is 5.69 Å². The van der Waals surface area contributed by atoms with Crippen LogP contribution in [0.2, 0.25) is 0 Å². The summed E-state index contributed by atoms with van der Waals surface area (Å²) in [7, 11) is 0. The van der Waals surface area contributed by atoms with E-state index >= 15 is 0 Å². The first-order valence-electron chi connectivity index (χ1n) is 4.39. The number of para-hydroxylation sites is 1. The van der Waals surface area contributed by atoms with Crippen molar-refractivity contribution in [2.45, 2.75) is 19.4 Å². The molecular formula is C10H11FN2O. The second-order valence-corrected chi connectivity index (χ2v) is 3.87. The van der Waals surface area contributed by atoms with Gasteiger partial charge in [0.05, 0.1) is 5.69 Å². The van der Waals surface area contributed by atoms with Crippen LogP contribution >= 0.6 is 0 Å². The number of hydrogen-bond donors (Lipinski definition) is 2. The summed E-state index contributed by atoms with van der Waals surface area (Å²) in [5, 5.41) is 5.52. The van der Waals surface area contributed by atoms with Crippen LogP contribution in [0.25, 0.3) is 0 Å². The Kier molecular flexibility index (Phi) is 1.74. The molecule has 3 nitrogen and oxygen atoms in total. The molecule has 4 heteroatoms. The van der Waals surface area contributed by atoms with Gasteiger partial charge in [-0.3, -0.25) is 4.79 Å². The van der Waals surface area contributed by atoms with E-state index in [-0.39, 0.29) is 11.6 Å². The van der Waals surface area contributed by atoms with Gasteiger partial charge in [-0.25, -0.2) is 4.39 Å². The third kappa shape index (κ3) is 1.23. The largest absolute Gasteiger partial charge is 0.370 e. The molecule has 1 aromatic rings. The monoisotopic (exact) mass is 194 g/mol. The lowest BCUT2D eigenvalue weighted by Crippen LogP contribution is -2.47. The molecule has 14 heavy (non-hydrogen) atoms. The number of benzene rings is 1. The number of rotatable bonds is 0. The summed E-state index contributed by atoms with van der Waals surface area (Å²) >= 11 is 0. The highest BCUT2D eigenvalue weighted by Crippen LogP contribution is 2.32. The number of hydrogen-bond acceptors (Lipinski definition) is 2. The van der Waals surface area contributed by atoms with Crippen molar-refractivity contribution >= 4 is 17.3 Å². The Bertz CT molecular complexity index is 401. The van der Waals surface area contributed by atoms with Crippen molar-refractivity contribution < 1.29 is 9.18 Å². The lowest BCUT2D eigenvalue weighted by molar-refractivity contribution is -0.119. The zero-order chi connectivity index (χ0) is 10.3. The van der Waals surface area contributed by atoms with Gasteiger partial charge in [0.2, 0.25) is 5.91 Å². The van der Waals surface area contributed by atoms with Crippen LogP contribution in [0.4, 0.5) is 15.8 Å². The molecule has 0 aliphatic carbocycles. The molecule has 1 aliphatic heterocycles. The summed E-state index contributed by atoms with van der Waals surface area (Å²) in [4.78, 5) is 11.5. The van der Waals surface area contributed by atoms with Gasteiger partial charge in [0.1, 0.15) is 17.0 Å². The van der Waals surface area contributed by atoms with E-state index in [0.717, 1.165) is 0 Å². The molecular weight excluding hydrogens is 183 g/mol. The summed E-state index contributed by atoms with van der Waals surface area (Å²) < 4.78 is 13.2. The number of fused-ring (bicyclic) bond motifs is 1. The van der Waals surface area contributed by atoms with Crippen molar-refractivity contribution in [1.82, 2.24) is 0 Å². The Morgan fingerprint density at radius 3 is 2.79 bits per heavy atom. The predicted molar refractivity (Wildman–Crippen MR) is 52.7 cm³/mol. The van der Waals surface area contributed by atoms with Gasteiger partial charge < -0.3 is 10.6 Å². The topological polar surface area (TPSA) is 41.1 Å². The number of halogens is 1. The molecule has 2 rings (SSSR count). The van der Waals surface area contributed by atoms with Crippen molar-refractivity contribution in [2.24, 2.45) is 0 Å². The van der Waals surface area contributed by atoms with Gasteiger partial charge in [0, 0.05) is 0 Å². The fourth-order valence-corrected chi connectivity index (χ4v) is 1.42. The number of nitrogens with one attached hydrogen (secondary N) is 2. The molecule has 1 heterocycles. The molecule has 0 unspecified atom stereocenters. The Labute approximate surface area is 81.3 Å². The Balaban J connectivity index is 2.51. The molecule has 1 amide bonds. The van der Waals surface area contributed by atoms with Gasteiger partial charge in [0.25, 0.3) is 0 Å². The summed E-state index contributed by atoms with van der Waals surface area (Å²) in [5.74, 6) is -0.644. The summed E-state index contributed by atoms with van der Waals surface area (Å²) in [6.07, 6.45) is 0. The molecule has 0 radical (unpaired) electrons. The molecule has 0 fully saturated rings. The van der Waals surface area contributed by atoms with E-state index in [1.54, 1.807) is 26.0 Å². The van der Waals surface area contributed by atoms with E-state index in [9.17, 15) is 9.18 Å². The average molecular weight is 194 g/mol. The van der Waals surface area contributed by atoms with Gasteiger partial charge >= 0.3 is 0 Å². The first-order valence-corrected chi connectivity index (χ1v) is 4.39. The molecule has 0 atom stereocenters. The maximum Gasteiger partial charge on any atom is 0.249 e. The maximum atomic E-state index is 13.2. The minimum Gasteiger partial charge on any atom is -0.370 e. The predicted octanol–water partition coefficient (Wildman–Crippen LogP) is 1.97. The van der Waals surface area contributed by atoms with E-state index in [4.69, 9.17) is 0 Å². The normalized spacial score (nSPS) is 18.1. The van der Waals surface area contributed by atoms with Crippen LogP contribution in [0.1, 0.15) is 13.8 Å². The highest BCUT2D eigenvalue weighted by molar-refractivity contribution is 6.05. The van der Waals surface area contributed by atoms with Crippen LogP contribution < -0.4 is 10.6 Å². The van der Waals surface area contributed by atoms with Gasteiger partial charge in [-0.15, -0.1) is 0 Å². The smallest absolute Gasteiger partial charge is 0.249 e. The Morgan fingerprint density at radius 1 is 1.36 bits per heavy atom. The molecule has 1 aliphatic rings. The quantitative estimate of drug-likeness (QED) is 0.663. The van der Waals surface area contributed by atoms with Crippen LogP contribution in [0, 0.1) is 5.82 Å². The zero-order valence-electron chi connectivity index (χ0n) is 8.02. The number of carbonyl (C=O) groups is 1. The summed E-state index contributed by atoms with van der Waals surface area (Å²) in [6.45, 7) is 3.49. The average Bonchev–Trinajstić information content (AvgIpc) is 2.08. The van der Waals surface area contributed by atoms with Gasteiger partial charge in [-0.2, -0.15) is 0 Å². The Hall–Kier alpha value is -1.58. The van der Waals surface area contributed by atoms with Crippen molar-refractivity contribution in [3.8, 4) is 0 Å². The van der Waals surface area contributed by atoms with E-state index in [1.807, 2.05) is 0 Å². The van der Waals surface area contributed by atoms with E-state index in [1.165, 1.54) is 6.07 Å². The molecule has 0 spiro atoms. The molecule has 0 aromatic heterocycles. The molecule has 74 valence electrons. The summed E-state index contributed by atoms with van der Waals surface area (Å²) in [6, 6.07) is 4.66.